The van der Waals surface area contributed by atoms with Crippen LogP contribution in [0.3, 0.4) is 0 Å². The van der Waals surface area contributed by atoms with Crippen molar-refractivity contribution in [1.82, 2.24) is 10.2 Å². The molecular formula is C20H28F3N3O3. The Morgan fingerprint density at radius 3 is 2.45 bits per heavy atom. The van der Waals surface area contributed by atoms with Crippen LogP contribution in [0.25, 0.3) is 11.5 Å². The number of unbranched alkanes of at least 4 members (excludes halogenated alkanes) is 5. The molecule has 0 aliphatic rings. The summed E-state index contributed by atoms with van der Waals surface area (Å²) in [4.78, 5) is 0. The summed E-state index contributed by atoms with van der Waals surface area (Å²) >= 11 is 0. The lowest BCUT2D eigenvalue weighted by molar-refractivity contribution is -0.138. The van der Waals surface area contributed by atoms with E-state index >= 15 is 0 Å². The van der Waals surface area contributed by atoms with Gasteiger partial charge in [0.2, 0.25) is 11.8 Å². The Balaban J connectivity index is 2.12. The van der Waals surface area contributed by atoms with Crippen LogP contribution in [0.15, 0.2) is 22.6 Å². The Bertz CT molecular complexity index is 776. The lowest BCUT2D eigenvalue weighted by atomic mass is 10.1. The molecule has 0 amide bonds. The number of alkyl halides is 3. The predicted octanol–water partition coefficient (Wildman–Crippen LogP) is 4.66. The van der Waals surface area contributed by atoms with Gasteiger partial charge in [-0.25, -0.2) is 0 Å². The molecule has 6 nitrogen and oxygen atoms in total. The quantitative estimate of drug-likeness (QED) is 0.519. The van der Waals surface area contributed by atoms with Crippen molar-refractivity contribution in [2.75, 3.05) is 13.2 Å². The van der Waals surface area contributed by atoms with Crippen LogP contribution in [0.4, 0.5) is 13.2 Å². The molecule has 0 saturated carbocycles. The maximum absolute atomic E-state index is 13.5. The lowest BCUT2D eigenvalue weighted by Gasteiger charge is -2.16. The van der Waals surface area contributed by atoms with Crippen LogP contribution < -0.4 is 10.5 Å². The highest BCUT2D eigenvalue weighted by atomic mass is 19.4. The summed E-state index contributed by atoms with van der Waals surface area (Å²) in [6.45, 7) is 3.38. The number of hydrogen-bond donors (Lipinski definition) is 2. The van der Waals surface area contributed by atoms with Crippen molar-refractivity contribution in [3.05, 3.63) is 29.7 Å². The molecule has 0 aliphatic heterocycles. The largest absolute Gasteiger partial charge is 0.493 e. The second-order valence-corrected chi connectivity index (χ2v) is 7.31. The van der Waals surface area contributed by atoms with E-state index < -0.39 is 23.9 Å². The summed E-state index contributed by atoms with van der Waals surface area (Å²) < 4.78 is 51.3. The second kappa shape index (κ2) is 10.1. The van der Waals surface area contributed by atoms with Gasteiger partial charge in [0.1, 0.15) is 11.3 Å². The monoisotopic (exact) mass is 415 g/mol. The van der Waals surface area contributed by atoms with Crippen LogP contribution in [0, 0.1) is 0 Å². The molecule has 29 heavy (non-hydrogen) atoms. The molecule has 0 unspecified atom stereocenters. The smallest absolute Gasteiger partial charge is 0.419 e. The van der Waals surface area contributed by atoms with Gasteiger partial charge >= 0.3 is 6.18 Å². The van der Waals surface area contributed by atoms with E-state index in [0.29, 0.717) is 6.42 Å². The fourth-order valence-electron chi connectivity index (χ4n) is 2.71. The zero-order valence-electron chi connectivity index (χ0n) is 16.8. The molecule has 1 aromatic carbocycles. The molecule has 2 aromatic rings. The number of ether oxygens (including phenoxy) is 1. The van der Waals surface area contributed by atoms with E-state index in [0.717, 1.165) is 31.7 Å². The Kier molecular flexibility index (Phi) is 8.04. The van der Waals surface area contributed by atoms with Gasteiger partial charge in [-0.15, -0.1) is 10.2 Å². The third-order valence-corrected chi connectivity index (χ3v) is 4.53. The zero-order chi connectivity index (χ0) is 21.5. The van der Waals surface area contributed by atoms with E-state index in [1.165, 1.54) is 25.5 Å². The number of aliphatic hydroxyl groups is 1. The Morgan fingerprint density at radius 1 is 1.10 bits per heavy atom. The average Bonchev–Trinajstić information content (AvgIpc) is 3.18. The fourth-order valence-corrected chi connectivity index (χ4v) is 2.71. The van der Waals surface area contributed by atoms with E-state index in [-0.39, 0.29) is 29.7 Å². The van der Waals surface area contributed by atoms with E-state index in [1.54, 1.807) is 0 Å². The second-order valence-electron chi connectivity index (χ2n) is 7.31. The average molecular weight is 415 g/mol. The first-order valence-corrected chi connectivity index (χ1v) is 9.77. The highest BCUT2D eigenvalue weighted by molar-refractivity contribution is 5.57. The number of aliphatic hydroxyl groups excluding tert-OH is 1. The molecule has 0 radical (unpaired) electrons. The molecule has 9 heteroatoms. The van der Waals surface area contributed by atoms with Gasteiger partial charge in [0, 0.05) is 5.56 Å². The summed E-state index contributed by atoms with van der Waals surface area (Å²) in [5, 5.41) is 16.7. The van der Waals surface area contributed by atoms with E-state index in [1.807, 2.05) is 0 Å². The minimum absolute atomic E-state index is 0.0630. The molecule has 0 fully saturated rings. The molecule has 2 rings (SSSR count). The van der Waals surface area contributed by atoms with Crippen molar-refractivity contribution in [1.29, 1.82) is 0 Å². The summed E-state index contributed by atoms with van der Waals surface area (Å²) in [5.74, 6) is -0.404. The first-order chi connectivity index (χ1) is 13.7. The predicted molar refractivity (Wildman–Crippen MR) is 102 cm³/mol. The molecule has 0 saturated heterocycles. The topological polar surface area (TPSA) is 94.4 Å². The molecule has 1 atom stereocenters. The first kappa shape index (κ1) is 23.2. The SMILES string of the molecule is CCCCCCCCOc1ccc(-c2nnc([C@@](C)(N)CO)o2)cc1C(F)(F)F. The molecule has 0 aliphatic carbocycles. The van der Waals surface area contributed by atoms with E-state index in [9.17, 15) is 18.3 Å². The standard InChI is InChI=1S/C20H28F3N3O3/c1-3-4-5-6-7-8-11-28-16-10-9-14(12-15(16)20(21,22)23)17-25-26-18(29-17)19(2,24)13-27/h9-10,12,27H,3-8,11,13,24H2,1-2H3/t19-/m0/s1. The van der Waals surface area contributed by atoms with Gasteiger partial charge in [0.05, 0.1) is 18.8 Å². The van der Waals surface area contributed by atoms with Crippen LogP contribution in [0.5, 0.6) is 5.75 Å². The van der Waals surface area contributed by atoms with Crippen molar-refractivity contribution >= 4 is 0 Å². The maximum Gasteiger partial charge on any atom is 0.419 e. The summed E-state index contributed by atoms with van der Waals surface area (Å²) in [7, 11) is 0. The Hall–Kier alpha value is -2.13. The number of hydrogen-bond acceptors (Lipinski definition) is 6. The molecule has 0 spiro atoms. The molecule has 3 N–H and O–H groups in total. The fraction of sp³-hybridized carbons (Fsp3) is 0.600. The highest BCUT2D eigenvalue weighted by Gasteiger charge is 2.35. The first-order valence-electron chi connectivity index (χ1n) is 9.77. The third kappa shape index (κ3) is 6.43. The van der Waals surface area contributed by atoms with Crippen LogP contribution >= 0.6 is 0 Å². The van der Waals surface area contributed by atoms with E-state index in [2.05, 4.69) is 17.1 Å². The van der Waals surface area contributed by atoms with Gasteiger partial charge in [0.15, 0.2) is 0 Å². The van der Waals surface area contributed by atoms with Gasteiger partial charge in [-0.05, 0) is 31.5 Å². The van der Waals surface area contributed by atoms with Gasteiger partial charge in [-0.1, -0.05) is 39.0 Å². The number of aromatic nitrogens is 2. The van der Waals surface area contributed by atoms with E-state index in [4.69, 9.17) is 14.9 Å². The highest BCUT2D eigenvalue weighted by Crippen LogP contribution is 2.39. The lowest BCUT2D eigenvalue weighted by Crippen LogP contribution is -2.37. The number of nitrogens with zero attached hydrogens (tertiary/aromatic N) is 2. The zero-order valence-corrected chi connectivity index (χ0v) is 16.8. The molecule has 1 heterocycles. The normalized spacial score (nSPS) is 14.0. The molecule has 1 aromatic heterocycles. The molecule has 162 valence electrons. The number of halogens is 3. The molecular weight excluding hydrogens is 387 g/mol. The summed E-state index contributed by atoms with van der Waals surface area (Å²) in [6.07, 6.45) is 1.52. The van der Waals surface area contributed by atoms with Crippen molar-refractivity contribution in [3.63, 3.8) is 0 Å². The van der Waals surface area contributed by atoms with Crippen molar-refractivity contribution in [2.45, 2.75) is 64.1 Å². The van der Waals surface area contributed by atoms with Crippen molar-refractivity contribution < 1.29 is 27.4 Å². The van der Waals surface area contributed by atoms with Crippen LogP contribution in [0.1, 0.15) is 63.8 Å². The third-order valence-electron chi connectivity index (χ3n) is 4.53. The number of benzene rings is 1. The molecule has 0 bridgehead atoms. The number of rotatable bonds is 11. The minimum Gasteiger partial charge on any atom is -0.493 e. The summed E-state index contributed by atoms with van der Waals surface area (Å²) in [6, 6.07) is 3.60. The maximum atomic E-state index is 13.5. The van der Waals surface area contributed by atoms with Crippen molar-refractivity contribution in [3.8, 4) is 17.2 Å². The summed E-state index contributed by atoms with van der Waals surface area (Å²) in [5.41, 5.74) is 3.72. The minimum atomic E-state index is -4.59. The van der Waals surface area contributed by atoms with Gasteiger partial charge < -0.3 is 20.0 Å². The van der Waals surface area contributed by atoms with Crippen molar-refractivity contribution in [2.24, 2.45) is 5.73 Å². The van der Waals surface area contributed by atoms with Crippen LogP contribution in [0.2, 0.25) is 0 Å². The van der Waals surface area contributed by atoms with Gasteiger partial charge in [-0.3, -0.25) is 0 Å². The van der Waals surface area contributed by atoms with Gasteiger partial charge in [0.25, 0.3) is 0 Å². The van der Waals surface area contributed by atoms with Gasteiger partial charge in [-0.2, -0.15) is 13.2 Å². The van der Waals surface area contributed by atoms with Crippen LogP contribution in [-0.4, -0.2) is 28.5 Å². The number of nitrogens with two attached hydrogens (primary N) is 1. The Morgan fingerprint density at radius 2 is 1.79 bits per heavy atom. The Labute approximate surface area is 168 Å². The van der Waals surface area contributed by atoms with Crippen LogP contribution in [-0.2, 0) is 11.7 Å².